The molecular weight excluding hydrogens is 172 g/mol. The molecule has 1 aliphatic heterocycles. The molecule has 0 amide bonds. The number of hydrogen-bond acceptors (Lipinski definition) is 2. The number of nitrogens with zero attached hydrogens (tertiary/aromatic N) is 1. The molecule has 1 atom stereocenters. The maximum atomic E-state index is 8.76. The fourth-order valence-electron chi connectivity index (χ4n) is 1.99. The molecule has 0 aliphatic carbocycles. The van der Waals surface area contributed by atoms with Gasteiger partial charge in [-0.1, -0.05) is 12.1 Å². The molecule has 0 radical (unpaired) electrons. The molecule has 1 saturated heterocycles. The van der Waals surface area contributed by atoms with Crippen molar-refractivity contribution in [2.75, 3.05) is 13.1 Å². The van der Waals surface area contributed by atoms with Gasteiger partial charge in [0.05, 0.1) is 11.6 Å². The van der Waals surface area contributed by atoms with Crippen molar-refractivity contribution in [3.05, 3.63) is 35.4 Å². The van der Waals surface area contributed by atoms with Crippen molar-refractivity contribution < 1.29 is 0 Å². The lowest BCUT2D eigenvalue weighted by molar-refractivity contribution is 0.580. The summed E-state index contributed by atoms with van der Waals surface area (Å²) >= 11 is 0. The first-order chi connectivity index (χ1) is 6.88. The van der Waals surface area contributed by atoms with Crippen LogP contribution in [0.4, 0.5) is 0 Å². The third-order valence-electron chi connectivity index (χ3n) is 2.74. The molecule has 0 aromatic heterocycles. The zero-order valence-corrected chi connectivity index (χ0v) is 8.16. The Labute approximate surface area is 84.6 Å². The zero-order valence-electron chi connectivity index (χ0n) is 8.16. The Hall–Kier alpha value is -1.33. The lowest BCUT2D eigenvalue weighted by Crippen LogP contribution is -2.10. The first-order valence-electron chi connectivity index (χ1n) is 5.08. The molecular formula is C12H14N2. The summed E-state index contributed by atoms with van der Waals surface area (Å²) in [5.74, 6) is 0.754. The predicted molar refractivity (Wildman–Crippen MR) is 55.8 cm³/mol. The van der Waals surface area contributed by atoms with Crippen molar-refractivity contribution in [3.63, 3.8) is 0 Å². The van der Waals surface area contributed by atoms with E-state index in [-0.39, 0.29) is 0 Å². The molecule has 2 rings (SSSR count). The molecule has 14 heavy (non-hydrogen) atoms. The Morgan fingerprint density at radius 1 is 1.50 bits per heavy atom. The van der Waals surface area contributed by atoms with Gasteiger partial charge in [-0.15, -0.1) is 0 Å². The Morgan fingerprint density at radius 3 is 3.14 bits per heavy atom. The lowest BCUT2D eigenvalue weighted by atomic mass is 9.98. The van der Waals surface area contributed by atoms with E-state index in [4.69, 9.17) is 5.26 Å². The summed E-state index contributed by atoms with van der Waals surface area (Å²) < 4.78 is 0. The van der Waals surface area contributed by atoms with Crippen molar-refractivity contribution >= 4 is 0 Å². The minimum atomic E-state index is 0.754. The first-order valence-corrected chi connectivity index (χ1v) is 5.08. The smallest absolute Gasteiger partial charge is 0.0991 e. The van der Waals surface area contributed by atoms with Crippen LogP contribution in [0.25, 0.3) is 0 Å². The lowest BCUT2D eigenvalue weighted by Gasteiger charge is -2.07. The van der Waals surface area contributed by atoms with Crippen LogP contribution in [0.3, 0.4) is 0 Å². The molecule has 2 heteroatoms. The third-order valence-corrected chi connectivity index (χ3v) is 2.74. The maximum Gasteiger partial charge on any atom is 0.0991 e. The molecule has 1 aliphatic rings. The molecule has 1 unspecified atom stereocenters. The van der Waals surface area contributed by atoms with Crippen molar-refractivity contribution in [1.82, 2.24) is 5.32 Å². The topological polar surface area (TPSA) is 35.8 Å². The average Bonchev–Trinajstić information content (AvgIpc) is 2.71. The van der Waals surface area contributed by atoms with Gasteiger partial charge in [0.2, 0.25) is 0 Å². The summed E-state index contributed by atoms with van der Waals surface area (Å²) in [4.78, 5) is 0. The summed E-state index contributed by atoms with van der Waals surface area (Å²) in [6, 6.07) is 10.1. The number of rotatable bonds is 2. The fraction of sp³-hybridized carbons (Fsp3) is 0.417. The molecule has 0 spiro atoms. The number of nitriles is 1. The molecule has 1 aromatic carbocycles. The molecule has 1 fully saturated rings. The van der Waals surface area contributed by atoms with Gasteiger partial charge in [-0.05, 0) is 49.5 Å². The molecule has 1 heterocycles. The van der Waals surface area contributed by atoms with Gasteiger partial charge in [-0.3, -0.25) is 0 Å². The van der Waals surface area contributed by atoms with Crippen LogP contribution in [0.5, 0.6) is 0 Å². The van der Waals surface area contributed by atoms with E-state index in [1.54, 1.807) is 0 Å². The Balaban J connectivity index is 2.05. The number of benzene rings is 1. The van der Waals surface area contributed by atoms with Gasteiger partial charge in [0.1, 0.15) is 0 Å². The highest BCUT2D eigenvalue weighted by Gasteiger charge is 2.14. The second kappa shape index (κ2) is 4.26. The van der Waals surface area contributed by atoms with Crippen molar-refractivity contribution in [2.45, 2.75) is 12.8 Å². The number of nitrogens with one attached hydrogen (secondary N) is 1. The van der Waals surface area contributed by atoms with Gasteiger partial charge >= 0.3 is 0 Å². The quantitative estimate of drug-likeness (QED) is 0.763. The van der Waals surface area contributed by atoms with Gasteiger partial charge in [0.25, 0.3) is 0 Å². The summed E-state index contributed by atoms with van der Waals surface area (Å²) in [5.41, 5.74) is 2.06. The van der Waals surface area contributed by atoms with Gasteiger partial charge in [-0.25, -0.2) is 0 Å². The predicted octanol–water partition coefficient (Wildman–Crippen LogP) is 1.71. The summed E-state index contributed by atoms with van der Waals surface area (Å²) in [6.45, 7) is 2.26. The highest BCUT2D eigenvalue weighted by atomic mass is 14.9. The van der Waals surface area contributed by atoms with Crippen LogP contribution >= 0.6 is 0 Å². The van der Waals surface area contributed by atoms with Gasteiger partial charge in [0, 0.05) is 0 Å². The average molecular weight is 186 g/mol. The van der Waals surface area contributed by atoms with Crippen LogP contribution in [-0.2, 0) is 6.42 Å². The minimum Gasteiger partial charge on any atom is -0.316 e. The van der Waals surface area contributed by atoms with Crippen LogP contribution in [0, 0.1) is 17.2 Å². The van der Waals surface area contributed by atoms with Crippen LogP contribution in [0.15, 0.2) is 24.3 Å². The molecule has 0 bridgehead atoms. The Morgan fingerprint density at radius 2 is 2.43 bits per heavy atom. The monoisotopic (exact) mass is 186 g/mol. The summed E-state index contributed by atoms with van der Waals surface area (Å²) in [5, 5.41) is 12.1. The van der Waals surface area contributed by atoms with E-state index in [1.165, 1.54) is 12.0 Å². The fourth-order valence-corrected chi connectivity index (χ4v) is 1.99. The first kappa shape index (κ1) is 9.23. The molecule has 0 saturated carbocycles. The maximum absolute atomic E-state index is 8.76. The summed E-state index contributed by atoms with van der Waals surface area (Å²) in [7, 11) is 0. The van der Waals surface area contributed by atoms with E-state index < -0.39 is 0 Å². The third kappa shape index (κ3) is 2.12. The van der Waals surface area contributed by atoms with Crippen molar-refractivity contribution in [1.29, 1.82) is 5.26 Å². The highest BCUT2D eigenvalue weighted by molar-refractivity contribution is 5.32. The second-order valence-electron chi connectivity index (χ2n) is 3.88. The van der Waals surface area contributed by atoms with E-state index in [9.17, 15) is 0 Å². The van der Waals surface area contributed by atoms with Gasteiger partial charge < -0.3 is 5.32 Å². The Kier molecular flexibility index (Phi) is 2.81. The SMILES string of the molecule is N#Cc1cccc(CC2CCNC2)c1. The minimum absolute atomic E-state index is 0.754. The molecule has 72 valence electrons. The van der Waals surface area contributed by atoms with Crippen molar-refractivity contribution in [3.8, 4) is 6.07 Å². The van der Waals surface area contributed by atoms with E-state index in [2.05, 4.69) is 17.5 Å². The summed E-state index contributed by atoms with van der Waals surface area (Å²) in [6.07, 6.45) is 2.36. The molecule has 1 N–H and O–H groups in total. The molecule has 1 aromatic rings. The van der Waals surface area contributed by atoms with Crippen LogP contribution in [0.2, 0.25) is 0 Å². The molecule has 2 nitrogen and oxygen atoms in total. The van der Waals surface area contributed by atoms with E-state index in [0.29, 0.717) is 0 Å². The van der Waals surface area contributed by atoms with E-state index >= 15 is 0 Å². The zero-order chi connectivity index (χ0) is 9.80. The second-order valence-corrected chi connectivity index (χ2v) is 3.88. The van der Waals surface area contributed by atoms with Gasteiger partial charge in [0.15, 0.2) is 0 Å². The van der Waals surface area contributed by atoms with E-state index in [0.717, 1.165) is 31.0 Å². The van der Waals surface area contributed by atoms with Crippen LogP contribution in [0.1, 0.15) is 17.5 Å². The highest BCUT2D eigenvalue weighted by Crippen LogP contribution is 2.15. The van der Waals surface area contributed by atoms with Crippen LogP contribution < -0.4 is 5.32 Å². The van der Waals surface area contributed by atoms with Gasteiger partial charge in [-0.2, -0.15) is 5.26 Å². The standard InChI is InChI=1S/C12H14N2/c13-8-11-3-1-2-10(6-11)7-12-4-5-14-9-12/h1-3,6,12,14H,4-5,7,9H2. The normalized spacial score (nSPS) is 20.6. The van der Waals surface area contributed by atoms with Crippen LogP contribution in [-0.4, -0.2) is 13.1 Å². The Bertz CT molecular complexity index is 346. The van der Waals surface area contributed by atoms with Crippen molar-refractivity contribution in [2.24, 2.45) is 5.92 Å². The largest absolute Gasteiger partial charge is 0.316 e. The van der Waals surface area contributed by atoms with E-state index in [1.807, 2.05) is 18.2 Å². The number of hydrogen-bond donors (Lipinski definition) is 1.